The van der Waals surface area contributed by atoms with Crippen molar-refractivity contribution in [1.82, 2.24) is 10.6 Å². The molecule has 0 aliphatic rings. The Labute approximate surface area is 166 Å². The van der Waals surface area contributed by atoms with Gasteiger partial charge in [-0.2, -0.15) is 0 Å². The summed E-state index contributed by atoms with van der Waals surface area (Å²) in [5, 5.41) is 15.7. The van der Waals surface area contributed by atoms with Gasteiger partial charge in [0.25, 0.3) is 0 Å². The normalized spacial score (nSPS) is 12.6. The van der Waals surface area contributed by atoms with Crippen LogP contribution in [0.1, 0.15) is 42.5 Å². The van der Waals surface area contributed by atoms with Crippen LogP contribution in [0.2, 0.25) is 0 Å². The molecule has 1 atom stereocenters. The summed E-state index contributed by atoms with van der Waals surface area (Å²) in [5.74, 6) is 1.11. The number of guanidine groups is 1. The molecule has 0 spiro atoms. The number of ether oxygens (including phenoxy) is 1. The molecule has 1 unspecified atom stereocenters. The highest BCUT2D eigenvalue weighted by Gasteiger charge is 2.09. The number of aliphatic imine (C=N–C) groups is 1. The van der Waals surface area contributed by atoms with E-state index in [1.54, 1.807) is 19.2 Å². The van der Waals surface area contributed by atoms with Gasteiger partial charge in [-0.05, 0) is 49.6 Å². The van der Waals surface area contributed by atoms with Gasteiger partial charge in [0, 0.05) is 31.3 Å². The predicted octanol–water partition coefficient (Wildman–Crippen LogP) is 3.67. The van der Waals surface area contributed by atoms with Crippen LogP contribution in [0.15, 0.2) is 41.4 Å². The van der Waals surface area contributed by atoms with Crippen molar-refractivity contribution in [2.75, 3.05) is 7.05 Å². The van der Waals surface area contributed by atoms with Crippen molar-refractivity contribution in [3.63, 3.8) is 0 Å². The summed E-state index contributed by atoms with van der Waals surface area (Å²) >= 11 is 0. The average Bonchev–Trinajstić information content (AvgIpc) is 2.70. The Morgan fingerprint density at radius 1 is 1.14 bits per heavy atom. The third kappa shape index (κ3) is 6.23. The first kappa shape index (κ1) is 21.7. The molecule has 152 valence electrons. The summed E-state index contributed by atoms with van der Waals surface area (Å²) in [5.41, 5.74) is 3.36. The largest absolute Gasteiger partial charge is 0.490 e. The second-order valence-corrected chi connectivity index (χ2v) is 6.81. The molecule has 0 fully saturated rings. The van der Waals surface area contributed by atoms with E-state index in [0.717, 1.165) is 28.9 Å². The van der Waals surface area contributed by atoms with E-state index in [4.69, 9.17) is 4.74 Å². The van der Waals surface area contributed by atoms with E-state index >= 15 is 0 Å². The van der Waals surface area contributed by atoms with Crippen molar-refractivity contribution in [3.8, 4) is 5.75 Å². The molecule has 0 saturated heterocycles. The lowest BCUT2D eigenvalue weighted by Crippen LogP contribution is -2.36. The van der Waals surface area contributed by atoms with E-state index in [1.165, 1.54) is 6.07 Å². The maximum absolute atomic E-state index is 13.5. The first-order valence-corrected chi connectivity index (χ1v) is 9.55. The quantitative estimate of drug-likeness (QED) is 0.478. The molecule has 6 heteroatoms. The van der Waals surface area contributed by atoms with E-state index in [1.807, 2.05) is 13.0 Å². The number of hydrogen-bond donors (Lipinski definition) is 3. The van der Waals surface area contributed by atoms with Crippen molar-refractivity contribution in [1.29, 1.82) is 0 Å². The van der Waals surface area contributed by atoms with Crippen LogP contribution in [-0.2, 0) is 19.7 Å². The maximum Gasteiger partial charge on any atom is 0.191 e. The van der Waals surface area contributed by atoms with E-state index in [9.17, 15) is 9.50 Å². The molecule has 0 bridgehead atoms. The molecule has 2 rings (SSSR count). The zero-order valence-electron chi connectivity index (χ0n) is 17.1. The highest BCUT2D eigenvalue weighted by atomic mass is 19.1. The van der Waals surface area contributed by atoms with Crippen molar-refractivity contribution >= 4 is 5.96 Å². The number of aliphatic hydroxyl groups is 1. The minimum Gasteiger partial charge on any atom is -0.490 e. The van der Waals surface area contributed by atoms with Gasteiger partial charge < -0.3 is 20.5 Å². The summed E-state index contributed by atoms with van der Waals surface area (Å²) in [7, 11) is 1.70. The molecule has 0 saturated carbocycles. The van der Waals surface area contributed by atoms with Crippen LogP contribution in [0.3, 0.4) is 0 Å². The standard InChI is InChI=1S/C22H30FN3O2/c1-5-16(3)28-21-10-15(2)6-8-18(21)13-26-22(24-4)25-12-17-7-9-20(23)19(11-17)14-27/h6-11,16,27H,5,12-14H2,1-4H3,(H2,24,25,26). The SMILES string of the molecule is CCC(C)Oc1cc(C)ccc1CNC(=NC)NCc1ccc(F)c(CO)c1. The van der Waals surface area contributed by atoms with Crippen LogP contribution >= 0.6 is 0 Å². The molecule has 0 heterocycles. The molecule has 0 amide bonds. The fraction of sp³-hybridized carbons (Fsp3) is 0.409. The van der Waals surface area contributed by atoms with Gasteiger partial charge in [0.1, 0.15) is 11.6 Å². The van der Waals surface area contributed by atoms with Crippen molar-refractivity contribution in [2.24, 2.45) is 4.99 Å². The highest BCUT2D eigenvalue weighted by Crippen LogP contribution is 2.22. The van der Waals surface area contributed by atoms with Gasteiger partial charge in [0.15, 0.2) is 5.96 Å². The van der Waals surface area contributed by atoms with Crippen LogP contribution in [0.25, 0.3) is 0 Å². The lowest BCUT2D eigenvalue weighted by atomic mass is 10.1. The fourth-order valence-corrected chi connectivity index (χ4v) is 2.66. The van der Waals surface area contributed by atoms with Crippen LogP contribution < -0.4 is 15.4 Å². The van der Waals surface area contributed by atoms with E-state index in [0.29, 0.717) is 19.0 Å². The predicted molar refractivity (Wildman–Crippen MR) is 111 cm³/mol. The van der Waals surface area contributed by atoms with Gasteiger partial charge in [-0.15, -0.1) is 0 Å². The summed E-state index contributed by atoms with van der Waals surface area (Å²) in [6.07, 6.45) is 1.09. The molecule has 0 radical (unpaired) electrons. The van der Waals surface area contributed by atoms with Crippen LogP contribution in [-0.4, -0.2) is 24.2 Å². The van der Waals surface area contributed by atoms with Gasteiger partial charge >= 0.3 is 0 Å². The first-order chi connectivity index (χ1) is 13.5. The Morgan fingerprint density at radius 2 is 1.89 bits per heavy atom. The lowest BCUT2D eigenvalue weighted by Gasteiger charge is -2.18. The number of nitrogens with zero attached hydrogens (tertiary/aromatic N) is 1. The highest BCUT2D eigenvalue weighted by molar-refractivity contribution is 5.79. The molecule has 5 nitrogen and oxygen atoms in total. The molecular weight excluding hydrogens is 357 g/mol. The van der Waals surface area contributed by atoms with Gasteiger partial charge in [0.05, 0.1) is 12.7 Å². The maximum atomic E-state index is 13.5. The van der Waals surface area contributed by atoms with Gasteiger partial charge in [-0.1, -0.05) is 25.1 Å². The number of aryl methyl sites for hydroxylation is 1. The molecule has 0 aliphatic heterocycles. The minimum absolute atomic E-state index is 0.150. The van der Waals surface area contributed by atoms with Crippen LogP contribution in [0, 0.1) is 12.7 Å². The molecule has 0 aromatic heterocycles. The monoisotopic (exact) mass is 387 g/mol. The molecule has 0 aliphatic carbocycles. The number of aliphatic hydroxyl groups excluding tert-OH is 1. The Bertz CT molecular complexity index is 808. The van der Waals surface area contributed by atoms with E-state index < -0.39 is 5.82 Å². The fourth-order valence-electron chi connectivity index (χ4n) is 2.66. The molecule has 2 aromatic rings. The first-order valence-electron chi connectivity index (χ1n) is 9.55. The van der Waals surface area contributed by atoms with E-state index in [2.05, 4.69) is 41.6 Å². The second-order valence-electron chi connectivity index (χ2n) is 6.81. The number of benzene rings is 2. The summed E-state index contributed by atoms with van der Waals surface area (Å²) in [6.45, 7) is 6.92. The van der Waals surface area contributed by atoms with Gasteiger partial charge in [0.2, 0.25) is 0 Å². The van der Waals surface area contributed by atoms with Crippen molar-refractivity contribution in [3.05, 3.63) is 64.5 Å². The number of hydrogen-bond acceptors (Lipinski definition) is 3. The van der Waals surface area contributed by atoms with Crippen molar-refractivity contribution in [2.45, 2.75) is 53.0 Å². The number of rotatable bonds is 8. The third-order valence-corrected chi connectivity index (χ3v) is 4.54. The summed E-state index contributed by atoms with van der Waals surface area (Å²) < 4.78 is 19.5. The molecule has 3 N–H and O–H groups in total. The Kier molecular flexibility index (Phi) is 8.26. The van der Waals surface area contributed by atoms with Crippen LogP contribution in [0.5, 0.6) is 5.75 Å². The Hall–Kier alpha value is -2.60. The average molecular weight is 387 g/mol. The van der Waals surface area contributed by atoms with Crippen LogP contribution in [0.4, 0.5) is 4.39 Å². The van der Waals surface area contributed by atoms with E-state index in [-0.39, 0.29) is 18.3 Å². The summed E-state index contributed by atoms with van der Waals surface area (Å²) in [6, 6.07) is 10.9. The topological polar surface area (TPSA) is 65.9 Å². The minimum atomic E-state index is -0.401. The number of halogens is 1. The van der Waals surface area contributed by atoms with Gasteiger partial charge in [-0.3, -0.25) is 4.99 Å². The second kappa shape index (κ2) is 10.7. The molecule has 2 aromatic carbocycles. The Balaban J connectivity index is 1.99. The van der Waals surface area contributed by atoms with Crippen molar-refractivity contribution < 1.29 is 14.2 Å². The lowest BCUT2D eigenvalue weighted by molar-refractivity contribution is 0.215. The summed E-state index contributed by atoms with van der Waals surface area (Å²) in [4.78, 5) is 4.23. The van der Waals surface area contributed by atoms with Gasteiger partial charge in [-0.25, -0.2) is 4.39 Å². The smallest absolute Gasteiger partial charge is 0.191 e. The molecule has 28 heavy (non-hydrogen) atoms. The third-order valence-electron chi connectivity index (χ3n) is 4.54. The zero-order valence-corrected chi connectivity index (χ0v) is 17.1. The Morgan fingerprint density at radius 3 is 2.57 bits per heavy atom. The zero-order chi connectivity index (χ0) is 20.5. The number of nitrogens with one attached hydrogen (secondary N) is 2. The molecular formula is C22H30FN3O2.